The topological polar surface area (TPSA) is 26.0 Å². The smallest absolute Gasteiger partial charge is 0.123 e. The van der Waals surface area contributed by atoms with E-state index in [-0.39, 0.29) is 11.2 Å². The van der Waals surface area contributed by atoms with E-state index in [1.807, 2.05) is 6.07 Å². The zero-order valence-electron chi connectivity index (χ0n) is 12.2. The van der Waals surface area contributed by atoms with Crippen molar-refractivity contribution in [2.24, 2.45) is 23.0 Å². The monoisotopic (exact) mass is 263 g/mol. The summed E-state index contributed by atoms with van der Waals surface area (Å²) in [5, 5.41) is 0. The molecule has 0 unspecified atom stereocenters. The maximum atomic E-state index is 13.3. The van der Waals surface area contributed by atoms with Crippen LogP contribution in [-0.4, -0.2) is 6.54 Å². The summed E-state index contributed by atoms with van der Waals surface area (Å²) in [4.78, 5) is 0. The van der Waals surface area contributed by atoms with Crippen molar-refractivity contribution in [1.82, 2.24) is 0 Å². The van der Waals surface area contributed by atoms with Crippen LogP contribution in [0, 0.1) is 23.1 Å². The van der Waals surface area contributed by atoms with Gasteiger partial charge in [0, 0.05) is 0 Å². The summed E-state index contributed by atoms with van der Waals surface area (Å²) < 4.78 is 13.3. The molecule has 0 saturated heterocycles. The van der Waals surface area contributed by atoms with Crippen LogP contribution >= 0.6 is 0 Å². The molecule has 0 atom stereocenters. The lowest BCUT2D eigenvalue weighted by molar-refractivity contribution is 0.132. The number of halogens is 1. The fraction of sp³-hybridized carbons (Fsp3) is 0.647. The van der Waals surface area contributed by atoms with Gasteiger partial charge in [-0.25, -0.2) is 4.39 Å². The normalized spacial score (nSPS) is 27.7. The van der Waals surface area contributed by atoms with Crippen LogP contribution in [0.25, 0.3) is 0 Å². The number of hydrogen-bond donors (Lipinski definition) is 1. The molecule has 2 rings (SSSR count). The Morgan fingerprint density at radius 2 is 2.00 bits per heavy atom. The molecule has 0 heterocycles. The van der Waals surface area contributed by atoms with Gasteiger partial charge >= 0.3 is 0 Å². The van der Waals surface area contributed by atoms with E-state index in [4.69, 9.17) is 5.73 Å². The molecule has 0 spiro atoms. The zero-order chi connectivity index (χ0) is 13.9. The first kappa shape index (κ1) is 14.5. The van der Waals surface area contributed by atoms with Crippen molar-refractivity contribution < 1.29 is 4.39 Å². The minimum atomic E-state index is -0.138. The number of hydrogen-bond acceptors (Lipinski definition) is 1. The maximum absolute atomic E-state index is 13.3. The molecular formula is C17H26FN. The Hall–Kier alpha value is -0.890. The summed E-state index contributed by atoms with van der Waals surface area (Å²) in [7, 11) is 0. The number of benzene rings is 1. The second-order valence-corrected chi connectivity index (χ2v) is 6.59. The fourth-order valence-corrected chi connectivity index (χ4v) is 3.45. The highest BCUT2D eigenvalue weighted by Gasteiger charge is 2.35. The Bertz CT molecular complexity index is 405. The zero-order valence-corrected chi connectivity index (χ0v) is 12.2. The molecule has 1 aliphatic carbocycles. The largest absolute Gasteiger partial charge is 0.330 e. The molecule has 1 aromatic carbocycles. The van der Waals surface area contributed by atoms with Gasteiger partial charge in [0.2, 0.25) is 0 Å². The van der Waals surface area contributed by atoms with E-state index >= 15 is 0 Å². The van der Waals surface area contributed by atoms with Crippen molar-refractivity contribution in [2.45, 2.75) is 46.0 Å². The van der Waals surface area contributed by atoms with E-state index in [1.54, 1.807) is 12.1 Å². The summed E-state index contributed by atoms with van der Waals surface area (Å²) in [6, 6.07) is 6.99. The van der Waals surface area contributed by atoms with Crippen molar-refractivity contribution in [3.63, 3.8) is 0 Å². The van der Waals surface area contributed by atoms with Crippen LogP contribution in [0.5, 0.6) is 0 Å². The molecule has 106 valence electrons. The van der Waals surface area contributed by atoms with Gasteiger partial charge in [-0.05, 0) is 73.6 Å². The summed E-state index contributed by atoms with van der Waals surface area (Å²) in [5.41, 5.74) is 7.34. The molecule has 1 nitrogen and oxygen atoms in total. The molecule has 1 aromatic rings. The highest BCUT2D eigenvalue weighted by molar-refractivity contribution is 5.18. The Labute approximate surface area is 116 Å². The highest BCUT2D eigenvalue weighted by Crippen LogP contribution is 2.42. The van der Waals surface area contributed by atoms with Gasteiger partial charge in [0.05, 0.1) is 0 Å². The Kier molecular flexibility index (Phi) is 4.62. The van der Waals surface area contributed by atoms with Crippen LogP contribution < -0.4 is 5.73 Å². The molecule has 19 heavy (non-hydrogen) atoms. The average Bonchev–Trinajstić information content (AvgIpc) is 2.39. The lowest BCUT2D eigenvalue weighted by Gasteiger charge is -2.41. The first-order valence-corrected chi connectivity index (χ1v) is 7.49. The van der Waals surface area contributed by atoms with Crippen LogP contribution in [0.15, 0.2) is 24.3 Å². The van der Waals surface area contributed by atoms with Crippen molar-refractivity contribution in [1.29, 1.82) is 0 Å². The van der Waals surface area contributed by atoms with Crippen LogP contribution in [0.1, 0.15) is 45.1 Å². The van der Waals surface area contributed by atoms with Crippen LogP contribution in [-0.2, 0) is 6.42 Å². The summed E-state index contributed by atoms with van der Waals surface area (Å²) in [5.74, 6) is 1.47. The minimum absolute atomic E-state index is 0.138. The van der Waals surface area contributed by atoms with Crippen molar-refractivity contribution in [3.05, 3.63) is 35.6 Å². The lowest BCUT2D eigenvalue weighted by Crippen LogP contribution is -2.37. The van der Waals surface area contributed by atoms with Gasteiger partial charge in [-0.1, -0.05) is 26.0 Å². The molecular weight excluding hydrogens is 237 g/mol. The maximum Gasteiger partial charge on any atom is 0.123 e. The predicted octanol–water partition coefficient (Wildman–Crippen LogP) is 4.16. The third kappa shape index (κ3) is 3.56. The molecule has 1 saturated carbocycles. The Morgan fingerprint density at radius 3 is 2.53 bits per heavy atom. The molecule has 1 aliphatic rings. The summed E-state index contributed by atoms with van der Waals surface area (Å²) >= 11 is 0. The Morgan fingerprint density at radius 1 is 1.32 bits per heavy atom. The van der Waals surface area contributed by atoms with Crippen LogP contribution in [0.4, 0.5) is 4.39 Å². The molecule has 1 fully saturated rings. The molecule has 0 aromatic heterocycles. The summed E-state index contributed by atoms with van der Waals surface area (Å²) in [6.07, 6.45) is 5.83. The van der Waals surface area contributed by atoms with Gasteiger partial charge in [-0.2, -0.15) is 0 Å². The summed E-state index contributed by atoms with van der Waals surface area (Å²) in [6.45, 7) is 5.34. The predicted molar refractivity (Wildman–Crippen MR) is 78.4 cm³/mol. The van der Waals surface area contributed by atoms with Gasteiger partial charge in [0.25, 0.3) is 0 Å². The third-order valence-corrected chi connectivity index (χ3v) is 4.93. The first-order valence-electron chi connectivity index (χ1n) is 7.49. The SMILES string of the molecule is CC(C)C1CCC(CN)(Cc2cccc(F)c2)CC1. The quantitative estimate of drug-likeness (QED) is 0.867. The van der Waals surface area contributed by atoms with E-state index in [0.29, 0.717) is 6.54 Å². The van der Waals surface area contributed by atoms with Crippen molar-refractivity contribution >= 4 is 0 Å². The average molecular weight is 263 g/mol. The minimum Gasteiger partial charge on any atom is -0.330 e. The molecule has 0 bridgehead atoms. The fourth-order valence-electron chi connectivity index (χ4n) is 3.45. The van der Waals surface area contributed by atoms with E-state index in [9.17, 15) is 4.39 Å². The first-order chi connectivity index (χ1) is 9.04. The standard InChI is InChI=1S/C17H26FN/c1-13(2)15-6-8-17(12-19,9-7-15)11-14-4-3-5-16(18)10-14/h3-5,10,13,15H,6-9,11-12,19H2,1-2H3. The highest BCUT2D eigenvalue weighted by atomic mass is 19.1. The lowest BCUT2D eigenvalue weighted by atomic mass is 9.65. The van der Waals surface area contributed by atoms with E-state index in [0.717, 1.165) is 23.8 Å². The number of rotatable bonds is 4. The number of nitrogens with two attached hydrogens (primary N) is 1. The van der Waals surface area contributed by atoms with Crippen LogP contribution in [0.2, 0.25) is 0 Å². The molecule has 0 radical (unpaired) electrons. The van der Waals surface area contributed by atoms with Gasteiger partial charge in [0.15, 0.2) is 0 Å². The van der Waals surface area contributed by atoms with E-state index < -0.39 is 0 Å². The third-order valence-electron chi connectivity index (χ3n) is 4.93. The molecule has 0 aliphatic heterocycles. The van der Waals surface area contributed by atoms with E-state index in [2.05, 4.69) is 13.8 Å². The molecule has 0 amide bonds. The van der Waals surface area contributed by atoms with Gasteiger partial charge in [0.1, 0.15) is 5.82 Å². The van der Waals surface area contributed by atoms with Gasteiger partial charge in [-0.3, -0.25) is 0 Å². The van der Waals surface area contributed by atoms with Gasteiger partial charge < -0.3 is 5.73 Å². The molecule has 2 heteroatoms. The second kappa shape index (κ2) is 6.04. The van der Waals surface area contributed by atoms with Crippen molar-refractivity contribution in [2.75, 3.05) is 6.54 Å². The second-order valence-electron chi connectivity index (χ2n) is 6.59. The van der Waals surface area contributed by atoms with Crippen LogP contribution in [0.3, 0.4) is 0 Å². The van der Waals surface area contributed by atoms with E-state index in [1.165, 1.54) is 31.7 Å². The Balaban J connectivity index is 2.04. The van der Waals surface area contributed by atoms with Crippen molar-refractivity contribution in [3.8, 4) is 0 Å². The molecule has 2 N–H and O–H groups in total. The van der Waals surface area contributed by atoms with Gasteiger partial charge in [-0.15, -0.1) is 0 Å².